The molecular formula is C18H23N3OS. The normalized spacial score (nSPS) is 17.2. The Morgan fingerprint density at radius 3 is 2.74 bits per heavy atom. The topological polar surface area (TPSA) is 46.1 Å². The minimum absolute atomic E-state index is 0.124. The molecule has 1 saturated heterocycles. The van der Waals surface area contributed by atoms with Crippen molar-refractivity contribution in [3.63, 3.8) is 0 Å². The number of carbonyl (C=O) groups is 1. The van der Waals surface area contributed by atoms with Crippen LogP contribution in [0.1, 0.15) is 41.6 Å². The summed E-state index contributed by atoms with van der Waals surface area (Å²) >= 11 is 1.79. The number of hydrogen-bond donors (Lipinski definition) is 0. The van der Waals surface area contributed by atoms with Gasteiger partial charge in [0, 0.05) is 48.4 Å². The van der Waals surface area contributed by atoms with E-state index < -0.39 is 0 Å². The predicted molar refractivity (Wildman–Crippen MR) is 92.6 cm³/mol. The fourth-order valence-electron chi connectivity index (χ4n) is 3.05. The second-order valence-corrected chi connectivity index (χ2v) is 7.81. The maximum absolute atomic E-state index is 12.4. The molecule has 1 amide bonds. The maximum atomic E-state index is 12.4. The summed E-state index contributed by atoms with van der Waals surface area (Å²) in [5.74, 6) is 0.256. The molecule has 5 heteroatoms. The van der Waals surface area contributed by atoms with Crippen LogP contribution in [0, 0.1) is 6.92 Å². The van der Waals surface area contributed by atoms with Gasteiger partial charge in [0.2, 0.25) is 5.91 Å². The van der Waals surface area contributed by atoms with E-state index in [4.69, 9.17) is 0 Å². The molecule has 2 aromatic rings. The van der Waals surface area contributed by atoms with Crippen molar-refractivity contribution in [3.05, 3.63) is 46.2 Å². The minimum atomic E-state index is 0.124. The molecule has 2 aromatic heterocycles. The zero-order valence-electron chi connectivity index (χ0n) is 13.8. The smallest absolute Gasteiger partial charge is 0.222 e. The Labute approximate surface area is 141 Å². The Kier molecular flexibility index (Phi) is 4.76. The molecule has 0 N–H and O–H groups in total. The van der Waals surface area contributed by atoms with Crippen LogP contribution >= 0.6 is 11.3 Å². The van der Waals surface area contributed by atoms with E-state index >= 15 is 0 Å². The van der Waals surface area contributed by atoms with E-state index in [9.17, 15) is 4.79 Å². The molecule has 3 rings (SSSR count). The number of rotatable bonds is 4. The van der Waals surface area contributed by atoms with Crippen molar-refractivity contribution in [2.75, 3.05) is 13.1 Å². The fraction of sp³-hybridized carbons (Fsp3) is 0.500. The number of carbonyl (C=O) groups excluding carboxylic acids is 1. The van der Waals surface area contributed by atoms with Crippen molar-refractivity contribution in [3.8, 4) is 0 Å². The average Bonchev–Trinajstić information content (AvgIpc) is 3.02. The van der Waals surface area contributed by atoms with Gasteiger partial charge in [0.1, 0.15) is 0 Å². The zero-order chi connectivity index (χ0) is 16.3. The van der Waals surface area contributed by atoms with Crippen molar-refractivity contribution in [1.29, 1.82) is 0 Å². The lowest BCUT2D eigenvalue weighted by atomic mass is 9.81. The zero-order valence-corrected chi connectivity index (χ0v) is 14.6. The fourth-order valence-corrected chi connectivity index (χ4v) is 4.02. The monoisotopic (exact) mass is 329 g/mol. The van der Waals surface area contributed by atoms with Gasteiger partial charge in [-0.15, -0.1) is 11.3 Å². The Morgan fingerprint density at radius 1 is 1.35 bits per heavy atom. The SMILES string of the molecule is Cc1cnc(C2(C)CCN(C(=O)CCc3cccnc3)CC2)s1. The summed E-state index contributed by atoms with van der Waals surface area (Å²) in [5, 5.41) is 1.22. The van der Waals surface area contributed by atoms with Crippen LogP contribution in [0.25, 0.3) is 0 Å². The summed E-state index contributed by atoms with van der Waals surface area (Å²) in [4.78, 5) is 24.4. The van der Waals surface area contributed by atoms with Crippen molar-refractivity contribution in [1.82, 2.24) is 14.9 Å². The van der Waals surface area contributed by atoms with Crippen LogP contribution in [0.3, 0.4) is 0 Å². The van der Waals surface area contributed by atoms with E-state index in [-0.39, 0.29) is 11.3 Å². The molecule has 1 aliphatic heterocycles. The van der Waals surface area contributed by atoms with Crippen molar-refractivity contribution in [2.24, 2.45) is 0 Å². The summed E-state index contributed by atoms with van der Waals surface area (Å²) in [6.07, 6.45) is 8.89. The first-order chi connectivity index (χ1) is 11.1. The van der Waals surface area contributed by atoms with Crippen LogP contribution in [0.15, 0.2) is 30.7 Å². The highest BCUT2D eigenvalue weighted by molar-refractivity contribution is 7.11. The van der Waals surface area contributed by atoms with E-state index in [1.54, 1.807) is 17.5 Å². The van der Waals surface area contributed by atoms with Gasteiger partial charge in [0.05, 0.1) is 5.01 Å². The number of hydrogen-bond acceptors (Lipinski definition) is 4. The molecule has 0 aromatic carbocycles. The molecule has 0 unspecified atom stereocenters. The molecule has 0 spiro atoms. The molecule has 0 radical (unpaired) electrons. The van der Waals surface area contributed by atoms with Crippen LogP contribution < -0.4 is 0 Å². The third-order valence-corrected chi connectivity index (χ3v) is 5.93. The molecule has 4 nitrogen and oxygen atoms in total. The Morgan fingerprint density at radius 2 is 2.13 bits per heavy atom. The number of aromatic nitrogens is 2. The lowest BCUT2D eigenvalue weighted by Crippen LogP contribution is -2.44. The van der Waals surface area contributed by atoms with Gasteiger partial charge < -0.3 is 4.90 Å². The number of amides is 1. The molecule has 3 heterocycles. The van der Waals surface area contributed by atoms with Crippen molar-refractivity contribution >= 4 is 17.2 Å². The minimum Gasteiger partial charge on any atom is -0.343 e. The van der Waals surface area contributed by atoms with Gasteiger partial charge >= 0.3 is 0 Å². The number of piperidine rings is 1. The number of likely N-dealkylation sites (tertiary alicyclic amines) is 1. The quantitative estimate of drug-likeness (QED) is 0.864. The van der Waals surface area contributed by atoms with E-state index in [0.29, 0.717) is 6.42 Å². The van der Waals surface area contributed by atoms with E-state index in [0.717, 1.165) is 37.9 Å². The number of aryl methyl sites for hydroxylation is 2. The van der Waals surface area contributed by atoms with Crippen molar-refractivity contribution in [2.45, 2.75) is 44.9 Å². The summed E-state index contributed by atoms with van der Waals surface area (Å²) in [5.41, 5.74) is 1.25. The molecule has 122 valence electrons. The van der Waals surface area contributed by atoms with Crippen LogP contribution in [0.2, 0.25) is 0 Å². The standard InChI is InChI=1S/C18H23N3OS/c1-14-12-20-17(23-14)18(2)7-10-21(11-8-18)16(22)6-5-15-4-3-9-19-13-15/h3-4,9,12-13H,5-8,10-11H2,1-2H3. The molecular weight excluding hydrogens is 306 g/mol. The van der Waals surface area contributed by atoms with Gasteiger partial charge in [-0.05, 0) is 37.8 Å². The summed E-state index contributed by atoms with van der Waals surface area (Å²) < 4.78 is 0. The van der Waals surface area contributed by atoms with Crippen LogP contribution in [0.5, 0.6) is 0 Å². The van der Waals surface area contributed by atoms with Gasteiger partial charge in [-0.1, -0.05) is 13.0 Å². The Bertz CT molecular complexity index is 660. The van der Waals surface area contributed by atoms with Gasteiger partial charge in [0.15, 0.2) is 0 Å². The van der Waals surface area contributed by atoms with Crippen LogP contribution in [-0.2, 0) is 16.6 Å². The second kappa shape index (κ2) is 6.79. The Hall–Kier alpha value is -1.75. The highest BCUT2D eigenvalue weighted by Crippen LogP contribution is 2.37. The number of thiazole rings is 1. The second-order valence-electron chi connectivity index (χ2n) is 6.58. The van der Waals surface area contributed by atoms with Gasteiger partial charge in [-0.3, -0.25) is 9.78 Å². The highest BCUT2D eigenvalue weighted by atomic mass is 32.1. The van der Waals surface area contributed by atoms with Crippen molar-refractivity contribution < 1.29 is 4.79 Å². The van der Waals surface area contributed by atoms with Gasteiger partial charge in [-0.2, -0.15) is 0 Å². The molecule has 0 bridgehead atoms. The summed E-state index contributed by atoms with van der Waals surface area (Å²) in [6.45, 7) is 6.05. The van der Waals surface area contributed by atoms with E-state index in [1.165, 1.54) is 9.88 Å². The molecule has 0 atom stereocenters. The lowest BCUT2D eigenvalue weighted by molar-refractivity contribution is -0.132. The number of pyridine rings is 1. The summed E-state index contributed by atoms with van der Waals surface area (Å²) in [7, 11) is 0. The lowest BCUT2D eigenvalue weighted by Gasteiger charge is -2.38. The molecule has 1 fully saturated rings. The summed E-state index contributed by atoms with van der Waals surface area (Å²) in [6, 6.07) is 3.94. The highest BCUT2D eigenvalue weighted by Gasteiger charge is 2.35. The third kappa shape index (κ3) is 3.78. The van der Waals surface area contributed by atoms with E-state index in [1.807, 2.05) is 29.4 Å². The van der Waals surface area contributed by atoms with E-state index in [2.05, 4.69) is 23.8 Å². The third-order valence-electron chi connectivity index (χ3n) is 4.71. The first kappa shape index (κ1) is 16.1. The molecule has 1 aliphatic rings. The largest absolute Gasteiger partial charge is 0.343 e. The van der Waals surface area contributed by atoms with Gasteiger partial charge in [0.25, 0.3) is 0 Å². The molecule has 0 saturated carbocycles. The first-order valence-electron chi connectivity index (χ1n) is 8.16. The first-order valence-corrected chi connectivity index (χ1v) is 8.98. The van der Waals surface area contributed by atoms with Gasteiger partial charge in [-0.25, -0.2) is 4.98 Å². The molecule has 23 heavy (non-hydrogen) atoms. The number of nitrogens with zero attached hydrogens (tertiary/aromatic N) is 3. The van der Waals surface area contributed by atoms with Crippen LogP contribution in [0.4, 0.5) is 0 Å². The predicted octanol–water partition coefficient (Wildman–Crippen LogP) is 3.36. The maximum Gasteiger partial charge on any atom is 0.222 e. The van der Waals surface area contributed by atoms with Crippen LogP contribution in [-0.4, -0.2) is 33.9 Å². The molecule has 0 aliphatic carbocycles. The average molecular weight is 329 g/mol. The Balaban J connectivity index is 1.53.